The van der Waals surface area contributed by atoms with Crippen LogP contribution in [0.5, 0.6) is 5.75 Å². The monoisotopic (exact) mass is 779 g/mol. The van der Waals surface area contributed by atoms with E-state index in [0.717, 1.165) is 88.4 Å². The van der Waals surface area contributed by atoms with Gasteiger partial charge in [-0.15, -0.1) is 0 Å². The number of piperidine rings is 2. The van der Waals surface area contributed by atoms with Gasteiger partial charge in [-0.05, 0) is 86.8 Å². The molecule has 2 aromatic carbocycles. The summed E-state index contributed by atoms with van der Waals surface area (Å²) in [7, 11) is 0. The first-order valence-electron chi connectivity index (χ1n) is 19.7. The molecule has 0 radical (unpaired) electrons. The lowest BCUT2D eigenvalue weighted by atomic mass is 9.87. The lowest BCUT2D eigenvalue weighted by molar-refractivity contribution is -0.137. The molecule has 5 aliphatic rings. The number of fused-ring (bicyclic) bond motifs is 1. The van der Waals surface area contributed by atoms with Gasteiger partial charge in [-0.25, -0.2) is 9.97 Å². The third-order valence-electron chi connectivity index (χ3n) is 12.0. The number of carbonyl (C=O) groups is 4. The minimum atomic E-state index is -0.603. The normalized spacial score (nSPS) is 23.4. The molecule has 3 saturated heterocycles. The van der Waals surface area contributed by atoms with Crippen LogP contribution in [0.15, 0.2) is 48.8 Å². The first-order chi connectivity index (χ1) is 27.2. The number of aromatic nitrogens is 2. The number of anilines is 3. The largest absolute Gasteiger partial charge is 0.490 e. The zero-order valence-corrected chi connectivity index (χ0v) is 32.0. The Kier molecular flexibility index (Phi) is 11.1. The Labute approximate surface area is 331 Å². The zero-order valence-electron chi connectivity index (χ0n) is 31.3. The summed E-state index contributed by atoms with van der Waals surface area (Å²) in [4.78, 5) is 68.0. The molecule has 14 nitrogen and oxygen atoms in total. The van der Waals surface area contributed by atoms with Crippen molar-refractivity contribution in [1.29, 1.82) is 5.26 Å². The highest BCUT2D eigenvalue weighted by Gasteiger charge is 2.39. The Bertz CT molecular complexity index is 2020. The minimum absolute atomic E-state index is 0.00639. The van der Waals surface area contributed by atoms with E-state index in [4.69, 9.17) is 21.6 Å². The molecule has 1 unspecified atom stereocenters. The first kappa shape index (κ1) is 37.7. The summed E-state index contributed by atoms with van der Waals surface area (Å²) in [5.74, 6) is 0.559. The molecule has 56 heavy (non-hydrogen) atoms. The van der Waals surface area contributed by atoms with E-state index in [0.29, 0.717) is 59.6 Å². The number of hydrogen-bond donors (Lipinski definition) is 2. The number of hydrogen-bond acceptors (Lipinski definition) is 11. The molecule has 5 heterocycles. The maximum Gasteiger partial charge on any atom is 0.255 e. The summed E-state index contributed by atoms with van der Waals surface area (Å²) in [5, 5.41) is 14.7. The van der Waals surface area contributed by atoms with E-state index in [1.807, 2.05) is 12.1 Å². The third kappa shape index (κ3) is 8.29. The molecule has 3 aromatic rings. The second-order valence-electron chi connectivity index (χ2n) is 15.6. The molecular weight excluding hydrogens is 734 g/mol. The standard InChI is InChI=1S/C41H46ClN9O5/c42-35-20-33(7-3-28(35)21-43)56-32-5-1-27(2-6-32)38(53)47-41-44-22-31(23-45-41)49-13-11-26(12-14-49)24-48-15-17-50(18-16-48)30-4-8-34-29(19-30)25-51(40(34)55)36-9-10-37(52)46-39(36)54/h3-4,7-8,19-20,22-23,26-27,32,36H,1-2,5-6,9-18,24-25H2,(H,46,52,54)(H,44,45,47,53)/t27-,32-,36?. The summed E-state index contributed by atoms with van der Waals surface area (Å²) in [5.41, 5.74) is 4.06. The number of nitrogens with one attached hydrogen (secondary N) is 2. The predicted octanol–water partition coefficient (Wildman–Crippen LogP) is 4.38. The average Bonchev–Trinajstić information content (AvgIpc) is 3.54. The average molecular weight is 780 g/mol. The molecule has 1 saturated carbocycles. The Morgan fingerprint density at radius 1 is 0.893 bits per heavy atom. The van der Waals surface area contributed by atoms with Crippen LogP contribution in [0, 0.1) is 23.2 Å². The zero-order chi connectivity index (χ0) is 38.8. The Balaban J connectivity index is 0.742. The number of ether oxygens (including phenoxy) is 1. The molecule has 4 aliphatic heterocycles. The number of carbonyl (C=O) groups excluding carboxylic acids is 4. The summed E-state index contributed by atoms with van der Waals surface area (Å²) in [6, 6.07) is 12.5. The van der Waals surface area contributed by atoms with Gasteiger partial charge in [0.2, 0.25) is 23.7 Å². The second-order valence-corrected chi connectivity index (χ2v) is 16.0. The van der Waals surface area contributed by atoms with Gasteiger partial charge in [0.05, 0.1) is 34.8 Å². The van der Waals surface area contributed by atoms with Crippen molar-refractivity contribution in [1.82, 2.24) is 25.1 Å². The van der Waals surface area contributed by atoms with Crippen LogP contribution in [0.1, 0.15) is 72.9 Å². The molecule has 8 rings (SSSR count). The van der Waals surface area contributed by atoms with Gasteiger partial charge < -0.3 is 19.4 Å². The quantitative estimate of drug-likeness (QED) is 0.297. The molecule has 1 aromatic heterocycles. The van der Waals surface area contributed by atoms with E-state index < -0.39 is 6.04 Å². The van der Waals surface area contributed by atoms with Gasteiger partial charge in [-0.1, -0.05) is 11.6 Å². The van der Waals surface area contributed by atoms with Crippen LogP contribution in [-0.2, 0) is 20.9 Å². The van der Waals surface area contributed by atoms with Crippen molar-refractivity contribution in [2.24, 2.45) is 11.8 Å². The van der Waals surface area contributed by atoms with Crippen molar-refractivity contribution >= 4 is 52.6 Å². The Morgan fingerprint density at radius 3 is 2.32 bits per heavy atom. The lowest BCUT2D eigenvalue weighted by Crippen LogP contribution is -2.52. The number of benzene rings is 2. The van der Waals surface area contributed by atoms with Crippen LogP contribution in [0.2, 0.25) is 5.02 Å². The van der Waals surface area contributed by atoms with Gasteiger partial charge in [-0.3, -0.25) is 34.7 Å². The molecule has 292 valence electrons. The van der Waals surface area contributed by atoms with Crippen LogP contribution in [0.3, 0.4) is 0 Å². The Morgan fingerprint density at radius 2 is 1.62 bits per heavy atom. The highest BCUT2D eigenvalue weighted by molar-refractivity contribution is 6.31. The van der Waals surface area contributed by atoms with Crippen molar-refractivity contribution in [3.63, 3.8) is 0 Å². The maximum atomic E-state index is 13.1. The van der Waals surface area contributed by atoms with Gasteiger partial charge in [0.25, 0.3) is 5.91 Å². The summed E-state index contributed by atoms with van der Waals surface area (Å²) < 4.78 is 6.07. The molecule has 2 N–H and O–H groups in total. The third-order valence-corrected chi connectivity index (χ3v) is 12.3. The van der Waals surface area contributed by atoms with Crippen LogP contribution >= 0.6 is 11.6 Å². The topological polar surface area (TPSA) is 164 Å². The van der Waals surface area contributed by atoms with Crippen LogP contribution in [0.25, 0.3) is 0 Å². The fraction of sp³-hybridized carbons (Fsp3) is 0.488. The smallest absolute Gasteiger partial charge is 0.255 e. The first-order valence-corrected chi connectivity index (χ1v) is 20.1. The molecular formula is C41H46ClN9O5. The predicted molar refractivity (Wildman–Crippen MR) is 209 cm³/mol. The fourth-order valence-corrected chi connectivity index (χ4v) is 8.95. The van der Waals surface area contributed by atoms with Gasteiger partial charge in [0.1, 0.15) is 17.9 Å². The molecule has 0 spiro atoms. The molecule has 0 bridgehead atoms. The van der Waals surface area contributed by atoms with Crippen molar-refractivity contribution < 1.29 is 23.9 Å². The highest BCUT2D eigenvalue weighted by atomic mass is 35.5. The molecule has 4 fully saturated rings. The van der Waals surface area contributed by atoms with Crippen molar-refractivity contribution in [3.05, 3.63) is 70.5 Å². The van der Waals surface area contributed by atoms with E-state index >= 15 is 0 Å². The van der Waals surface area contributed by atoms with E-state index in [1.54, 1.807) is 35.5 Å². The molecule has 15 heteroatoms. The van der Waals surface area contributed by atoms with E-state index in [9.17, 15) is 19.2 Å². The number of piperazine rings is 1. The number of amides is 4. The number of imide groups is 1. The van der Waals surface area contributed by atoms with Gasteiger partial charge in [0.15, 0.2) is 0 Å². The van der Waals surface area contributed by atoms with E-state index in [1.165, 1.54) is 0 Å². The number of halogens is 1. The van der Waals surface area contributed by atoms with E-state index in [2.05, 4.69) is 47.4 Å². The lowest BCUT2D eigenvalue weighted by Gasteiger charge is -2.40. The Hall–Kier alpha value is -5.26. The van der Waals surface area contributed by atoms with E-state index in [-0.39, 0.29) is 42.1 Å². The molecule has 1 aliphatic carbocycles. The van der Waals surface area contributed by atoms with Crippen molar-refractivity contribution in [3.8, 4) is 11.8 Å². The van der Waals surface area contributed by atoms with Crippen LogP contribution < -0.4 is 25.2 Å². The maximum absolute atomic E-state index is 13.1. The number of nitrogens with zero attached hydrogens (tertiary/aromatic N) is 7. The summed E-state index contributed by atoms with van der Waals surface area (Å²) in [6.45, 7) is 7.10. The van der Waals surface area contributed by atoms with Crippen molar-refractivity contribution in [2.45, 2.75) is 70.1 Å². The van der Waals surface area contributed by atoms with Crippen LogP contribution in [-0.4, -0.2) is 101 Å². The van der Waals surface area contributed by atoms with Gasteiger partial charge in [0, 0.05) is 82.0 Å². The molecule has 4 amide bonds. The number of nitriles is 1. The fourth-order valence-electron chi connectivity index (χ4n) is 8.74. The minimum Gasteiger partial charge on any atom is -0.490 e. The second kappa shape index (κ2) is 16.5. The summed E-state index contributed by atoms with van der Waals surface area (Å²) >= 11 is 6.14. The van der Waals surface area contributed by atoms with Crippen LogP contribution in [0.4, 0.5) is 17.3 Å². The van der Waals surface area contributed by atoms with Gasteiger partial charge in [-0.2, -0.15) is 5.26 Å². The summed E-state index contributed by atoms with van der Waals surface area (Å²) in [6.07, 6.45) is 9.29. The van der Waals surface area contributed by atoms with Crippen molar-refractivity contribution in [2.75, 3.05) is 60.9 Å². The molecule has 1 atom stereocenters. The SMILES string of the molecule is N#Cc1ccc(O[C@H]2CC[C@H](C(=O)Nc3ncc(N4CCC(CN5CCN(c6ccc7c(c6)CN(C6CCC(=O)NC6=O)C7=O)CC5)CC4)cn3)CC2)cc1Cl. The highest BCUT2D eigenvalue weighted by Crippen LogP contribution is 2.33. The number of rotatable bonds is 9. The van der Waals surface area contributed by atoms with Gasteiger partial charge >= 0.3 is 0 Å².